The van der Waals surface area contributed by atoms with Crippen LogP contribution in [-0.4, -0.2) is 24.0 Å². The molecule has 0 amide bonds. The molecule has 2 heteroatoms. The van der Waals surface area contributed by atoms with E-state index in [0.29, 0.717) is 12.6 Å². The number of nitrogens with zero attached hydrogens (tertiary/aromatic N) is 1. The van der Waals surface area contributed by atoms with Gasteiger partial charge in [-0.2, -0.15) is 0 Å². The lowest BCUT2D eigenvalue weighted by Crippen LogP contribution is -2.46. The van der Waals surface area contributed by atoms with Gasteiger partial charge < -0.3 is 4.74 Å². The van der Waals surface area contributed by atoms with Gasteiger partial charge in [0.25, 0.3) is 0 Å². The van der Waals surface area contributed by atoms with Crippen molar-refractivity contribution >= 4 is 6.08 Å². The summed E-state index contributed by atoms with van der Waals surface area (Å²) in [4.78, 5) is 2.65. The van der Waals surface area contributed by atoms with Crippen LogP contribution in [0.3, 0.4) is 0 Å². The molecule has 130 valence electrons. The first-order valence-corrected chi connectivity index (χ1v) is 9.60. The molecule has 1 saturated heterocycles. The summed E-state index contributed by atoms with van der Waals surface area (Å²) in [5, 5.41) is 0. The van der Waals surface area contributed by atoms with Crippen LogP contribution in [0.1, 0.15) is 43.2 Å². The van der Waals surface area contributed by atoms with Gasteiger partial charge in [-0.3, -0.25) is 4.90 Å². The van der Waals surface area contributed by atoms with Crippen LogP contribution in [0.15, 0.2) is 60.2 Å². The Morgan fingerprint density at radius 3 is 2.64 bits per heavy atom. The molecule has 1 aliphatic carbocycles. The average molecular weight is 333 g/mol. The van der Waals surface area contributed by atoms with E-state index < -0.39 is 0 Å². The molecule has 1 heterocycles. The van der Waals surface area contributed by atoms with Crippen LogP contribution < -0.4 is 4.74 Å². The van der Waals surface area contributed by atoms with Crippen molar-refractivity contribution in [3.05, 3.63) is 71.3 Å². The van der Waals surface area contributed by atoms with Crippen LogP contribution in [-0.2, 0) is 6.61 Å². The molecule has 1 aliphatic heterocycles. The van der Waals surface area contributed by atoms with Crippen molar-refractivity contribution < 1.29 is 4.74 Å². The third-order valence-corrected chi connectivity index (χ3v) is 5.41. The summed E-state index contributed by atoms with van der Waals surface area (Å²) in [7, 11) is 0. The number of hydrogen-bond acceptors (Lipinski definition) is 2. The van der Waals surface area contributed by atoms with Gasteiger partial charge in [0.05, 0.1) is 0 Å². The topological polar surface area (TPSA) is 12.5 Å². The van der Waals surface area contributed by atoms with Crippen molar-refractivity contribution in [3.63, 3.8) is 0 Å². The van der Waals surface area contributed by atoms with Gasteiger partial charge in [-0.15, -0.1) is 0 Å². The van der Waals surface area contributed by atoms with E-state index in [1.54, 1.807) is 5.57 Å². The van der Waals surface area contributed by atoms with Gasteiger partial charge >= 0.3 is 0 Å². The zero-order valence-electron chi connectivity index (χ0n) is 14.9. The Kier molecular flexibility index (Phi) is 5.17. The molecule has 2 aliphatic rings. The van der Waals surface area contributed by atoms with Gasteiger partial charge in [0.1, 0.15) is 12.4 Å². The molecule has 2 nitrogen and oxygen atoms in total. The molecule has 2 aromatic rings. The first-order valence-electron chi connectivity index (χ1n) is 9.60. The molecule has 25 heavy (non-hydrogen) atoms. The summed E-state index contributed by atoms with van der Waals surface area (Å²) in [6, 6.07) is 19.6. The molecule has 2 fully saturated rings. The van der Waals surface area contributed by atoms with Gasteiger partial charge in [0.2, 0.25) is 0 Å². The minimum Gasteiger partial charge on any atom is -0.489 e. The molecule has 0 radical (unpaired) electrons. The van der Waals surface area contributed by atoms with Crippen molar-refractivity contribution in [2.45, 2.75) is 44.8 Å². The van der Waals surface area contributed by atoms with Crippen molar-refractivity contribution in [2.75, 3.05) is 13.1 Å². The van der Waals surface area contributed by atoms with E-state index in [1.165, 1.54) is 56.3 Å². The summed E-state index contributed by atoms with van der Waals surface area (Å²) in [5.74, 6) is 0.953. The van der Waals surface area contributed by atoms with E-state index in [-0.39, 0.29) is 0 Å². The summed E-state index contributed by atoms with van der Waals surface area (Å²) in [5.41, 5.74) is 4.09. The van der Waals surface area contributed by atoms with Crippen molar-refractivity contribution in [1.29, 1.82) is 0 Å². The van der Waals surface area contributed by atoms with Crippen molar-refractivity contribution in [1.82, 2.24) is 4.90 Å². The molecule has 0 aromatic heterocycles. The number of likely N-dealkylation sites (tertiary alicyclic amines) is 1. The first-order chi connectivity index (χ1) is 12.4. The van der Waals surface area contributed by atoms with Crippen LogP contribution in [0.25, 0.3) is 6.08 Å². The third-order valence-electron chi connectivity index (χ3n) is 5.41. The number of rotatable bonds is 5. The fraction of sp³-hybridized carbons (Fsp3) is 0.391. The number of hydrogen-bond donors (Lipinski definition) is 0. The normalized spacial score (nSPS) is 22.6. The Hall–Kier alpha value is -2.06. The van der Waals surface area contributed by atoms with E-state index in [9.17, 15) is 0 Å². The first kappa shape index (κ1) is 16.4. The largest absolute Gasteiger partial charge is 0.489 e. The molecular formula is C23H27NO. The maximum absolute atomic E-state index is 5.99. The highest BCUT2D eigenvalue weighted by Crippen LogP contribution is 2.32. The molecule has 2 aromatic carbocycles. The molecule has 0 bridgehead atoms. The molecular weight excluding hydrogens is 306 g/mol. The molecule has 0 N–H and O–H groups in total. The highest BCUT2D eigenvalue weighted by Gasteiger charge is 2.28. The van der Waals surface area contributed by atoms with Crippen LogP contribution >= 0.6 is 0 Å². The average Bonchev–Trinajstić information content (AvgIpc) is 2.61. The smallest absolute Gasteiger partial charge is 0.120 e. The monoisotopic (exact) mass is 333 g/mol. The summed E-state index contributed by atoms with van der Waals surface area (Å²) < 4.78 is 5.99. The van der Waals surface area contributed by atoms with Gasteiger partial charge in [0.15, 0.2) is 0 Å². The predicted molar refractivity (Wildman–Crippen MR) is 104 cm³/mol. The second-order valence-electron chi connectivity index (χ2n) is 7.22. The van der Waals surface area contributed by atoms with Crippen LogP contribution in [0, 0.1) is 0 Å². The lowest BCUT2D eigenvalue weighted by atomic mass is 9.86. The highest BCUT2D eigenvalue weighted by atomic mass is 16.5. The second-order valence-corrected chi connectivity index (χ2v) is 7.22. The second kappa shape index (κ2) is 7.88. The fourth-order valence-corrected chi connectivity index (χ4v) is 3.91. The minimum absolute atomic E-state index is 0.622. The molecule has 1 unspecified atom stereocenters. The Morgan fingerprint density at radius 2 is 1.84 bits per heavy atom. The van der Waals surface area contributed by atoms with Crippen molar-refractivity contribution in [3.8, 4) is 5.75 Å². The van der Waals surface area contributed by atoms with Crippen LogP contribution in [0.4, 0.5) is 0 Å². The van der Waals surface area contributed by atoms with Gasteiger partial charge in [-0.25, -0.2) is 0 Å². The van der Waals surface area contributed by atoms with E-state index in [1.807, 2.05) is 6.07 Å². The van der Waals surface area contributed by atoms with Gasteiger partial charge in [0, 0.05) is 6.04 Å². The Morgan fingerprint density at radius 1 is 0.960 bits per heavy atom. The summed E-state index contributed by atoms with van der Waals surface area (Å²) in [6.07, 6.45) is 9.06. The minimum atomic E-state index is 0.622. The third kappa shape index (κ3) is 4.13. The van der Waals surface area contributed by atoms with Crippen LogP contribution in [0.2, 0.25) is 0 Å². The molecule has 0 spiro atoms. The summed E-state index contributed by atoms with van der Waals surface area (Å²) in [6.45, 7) is 3.18. The lowest BCUT2D eigenvalue weighted by molar-refractivity contribution is 0.121. The molecule has 1 atom stereocenters. The number of benzene rings is 2. The maximum Gasteiger partial charge on any atom is 0.120 e. The van der Waals surface area contributed by atoms with E-state index >= 15 is 0 Å². The number of ether oxygens (including phenoxy) is 1. The summed E-state index contributed by atoms with van der Waals surface area (Å²) >= 11 is 0. The Bertz CT molecular complexity index is 718. The maximum atomic E-state index is 5.99. The highest BCUT2D eigenvalue weighted by molar-refractivity contribution is 5.56. The fourth-order valence-electron chi connectivity index (χ4n) is 3.91. The van der Waals surface area contributed by atoms with Crippen LogP contribution in [0.5, 0.6) is 5.75 Å². The Balaban J connectivity index is 1.46. The van der Waals surface area contributed by atoms with E-state index in [2.05, 4.69) is 59.5 Å². The quantitative estimate of drug-likeness (QED) is 0.736. The molecule has 1 saturated carbocycles. The van der Waals surface area contributed by atoms with Gasteiger partial charge in [-0.05, 0) is 62.0 Å². The van der Waals surface area contributed by atoms with Gasteiger partial charge in [-0.1, -0.05) is 60.5 Å². The SMILES string of the molecule is C(=C1CCCCC1N1CCC1)c1cccc(OCc2ccccc2)c1. The van der Waals surface area contributed by atoms with E-state index in [4.69, 9.17) is 4.74 Å². The van der Waals surface area contributed by atoms with Crippen molar-refractivity contribution in [2.24, 2.45) is 0 Å². The Labute approximate surface area is 151 Å². The zero-order valence-corrected chi connectivity index (χ0v) is 14.9. The predicted octanol–water partition coefficient (Wildman–Crippen LogP) is 5.30. The molecule has 4 rings (SSSR count). The van der Waals surface area contributed by atoms with E-state index in [0.717, 1.165) is 5.75 Å². The standard InChI is InChI=1S/C23H27NO/c1-2-8-19(9-3-1)18-25-22-12-6-10-20(17-22)16-21-11-4-5-13-23(21)24-14-7-15-24/h1-3,6,8-10,12,16-17,23H,4-5,7,11,13-15,18H2. The lowest BCUT2D eigenvalue weighted by Gasteiger charge is -2.42. The zero-order chi connectivity index (χ0) is 16.9.